The minimum Gasteiger partial charge on any atom is -0.274 e. The molecule has 0 aromatic carbocycles. The SMILES string of the molecule is C1=CC23C[C@]2(C=C1)SC=N3. The minimum atomic E-state index is 0.201. The van der Waals surface area contributed by atoms with E-state index in [9.17, 15) is 0 Å². The maximum Gasteiger partial charge on any atom is 0.1000 e. The van der Waals surface area contributed by atoms with Crippen LogP contribution >= 0.6 is 11.8 Å². The smallest absolute Gasteiger partial charge is 0.1000 e. The third-order valence-electron chi connectivity index (χ3n) is 2.53. The summed E-state index contributed by atoms with van der Waals surface area (Å²) in [7, 11) is 0. The lowest BCUT2D eigenvalue weighted by Crippen LogP contribution is -2.13. The van der Waals surface area contributed by atoms with E-state index in [1.54, 1.807) is 0 Å². The molecular weight excluding hydrogens is 142 g/mol. The van der Waals surface area contributed by atoms with E-state index in [-0.39, 0.29) is 5.54 Å². The maximum absolute atomic E-state index is 4.45. The lowest BCUT2D eigenvalue weighted by molar-refractivity contribution is 0.834. The van der Waals surface area contributed by atoms with Crippen LogP contribution in [0.15, 0.2) is 29.3 Å². The molecule has 2 heteroatoms. The summed E-state index contributed by atoms with van der Waals surface area (Å²) in [5.41, 5.74) is 2.19. The molecule has 0 N–H and O–H groups in total. The van der Waals surface area contributed by atoms with Crippen molar-refractivity contribution in [1.29, 1.82) is 0 Å². The van der Waals surface area contributed by atoms with Gasteiger partial charge in [-0.05, 0) is 6.42 Å². The van der Waals surface area contributed by atoms with Gasteiger partial charge >= 0.3 is 0 Å². The van der Waals surface area contributed by atoms with Crippen molar-refractivity contribution in [3.63, 3.8) is 0 Å². The van der Waals surface area contributed by atoms with Crippen LogP contribution in [0.1, 0.15) is 6.42 Å². The molecule has 2 aliphatic carbocycles. The Bertz CT molecular complexity index is 279. The van der Waals surface area contributed by atoms with E-state index in [2.05, 4.69) is 29.3 Å². The van der Waals surface area contributed by atoms with Crippen LogP contribution in [0.3, 0.4) is 0 Å². The van der Waals surface area contributed by atoms with Gasteiger partial charge in [-0.1, -0.05) is 24.3 Å². The van der Waals surface area contributed by atoms with E-state index in [4.69, 9.17) is 0 Å². The molecule has 50 valence electrons. The van der Waals surface area contributed by atoms with Gasteiger partial charge in [-0.2, -0.15) is 0 Å². The first-order valence-corrected chi connectivity index (χ1v) is 4.34. The summed E-state index contributed by atoms with van der Waals surface area (Å²) in [6.07, 6.45) is 9.96. The standard InChI is InChI=1S/C8H7NS/c1-2-4-8-5-7(8,3-1)9-6-10-8/h1-4,6H,5H2/t7?,8-/m0/s1. The van der Waals surface area contributed by atoms with Gasteiger partial charge in [0.1, 0.15) is 0 Å². The zero-order valence-corrected chi connectivity index (χ0v) is 6.27. The zero-order valence-electron chi connectivity index (χ0n) is 5.45. The molecule has 2 atom stereocenters. The Kier molecular flexibility index (Phi) is 0.653. The number of allylic oxidation sites excluding steroid dienone is 2. The molecule has 1 unspecified atom stereocenters. The minimum absolute atomic E-state index is 0.201. The number of aliphatic imine (C=N–C) groups is 1. The highest BCUT2D eigenvalue weighted by Gasteiger charge is 2.68. The molecule has 0 spiro atoms. The molecule has 1 aliphatic heterocycles. The second kappa shape index (κ2) is 1.26. The fourth-order valence-corrected chi connectivity index (χ4v) is 2.99. The molecule has 0 aromatic rings. The van der Waals surface area contributed by atoms with E-state index < -0.39 is 0 Å². The summed E-state index contributed by atoms with van der Waals surface area (Å²) < 4.78 is 0.363. The van der Waals surface area contributed by atoms with Crippen LogP contribution in [0.25, 0.3) is 0 Å². The van der Waals surface area contributed by atoms with Crippen molar-refractivity contribution in [2.24, 2.45) is 4.99 Å². The lowest BCUT2D eigenvalue weighted by atomic mass is 10.1. The first-order chi connectivity index (χ1) is 4.87. The molecule has 3 aliphatic rings. The molecule has 1 fully saturated rings. The quantitative estimate of drug-likeness (QED) is 0.511. The Balaban J connectivity index is 2.20. The fourth-order valence-electron chi connectivity index (χ4n) is 1.78. The van der Waals surface area contributed by atoms with E-state index >= 15 is 0 Å². The van der Waals surface area contributed by atoms with Crippen molar-refractivity contribution in [3.05, 3.63) is 24.3 Å². The van der Waals surface area contributed by atoms with Crippen molar-refractivity contribution in [3.8, 4) is 0 Å². The average molecular weight is 149 g/mol. The van der Waals surface area contributed by atoms with Crippen LogP contribution in [0.2, 0.25) is 0 Å². The van der Waals surface area contributed by atoms with Gasteiger partial charge in [0, 0.05) is 0 Å². The Morgan fingerprint density at radius 2 is 2.20 bits per heavy atom. The van der Waals surface area contributed by atoms with E-state index in [0.29, 0.717) is 4.75 Å². The van der Waals surface area contributed by atoms with Gasteiger partial charge in [-0.25, -0.2) is 0 Å². The number of hydrogen-bond acceptors (Lipinski definition) is 2. The fraction of sp³-hybridized carbons (Fsp3) is 0.375. The monoisotopic (exact) mass is 149 g/mol. The second-order valence-electron chi connectivity index (χ2n) is 3.06. The number of nitrogens with zero attached hydrogens (tertiary/aromatic N) is 1. The van der Waals surface area contributed by atoms with Crippen molar-refractivity contribution in [2.45, 2.75) is 16.7 Å². The molecule has 0 amide bonds. The molecule has 0 radical (unpaired) electrons. The third-order valence-corrected chi connectivity index (χ3v) is 3.80. The van der Waals surface area contributed by atoms with Gasteiger partial charge in [0.05, 0.1) is 15.8 Å². The normalized spacial score (nSPS) is 52.8. The molecule has 1 nitrogen and oxygen atoms in total. The summed E-state index contributed by atoms with van der Waals surface area (Å²) in [5, 5.41) is 0. The second-order valence-corrected chi connectivity index (χ2v) is 4.24. The predicted molar refractivity (Wildman–Crippen MR) is 44.4 cm³/mol. The largest absolute Gasteiger partial charge is 0.274 e. The Hall–Kier alpha value is -0.500. The number of thioether (sulfide) groups is 1. The van der Waals surface area contributed by atoms with Crippen molar-refractivity contribution >= 4 is 17.3 Å². The van der Waals surface area contributed by atoms with Gasteiger partial charge in [-0.15, -0.1) is 11.8 Å². The molecule has 10 heavy (non-hydrogen) atoms. The van der Waals surface area contributed by atoms with Crippen LogP contribution in [0, 0.1) is 0 Å². The summed E-state index contributed by atoms with van der Waals surface area (Å²) in [6, 6.07) is 0. The average Bonchev–Trinajstić information content (AvgIpc) is 2.47. The van der Waals surface area contributed by atoms with E-state index in [1.165, 1.54) is 6.42 Å². The summed E-state index contributed by atoms with van der Waals surface area (Å²) >= 11 is 1.86. The highest BCUT2D eigenvalue weighted by atomic mass is 32.2. The Labute approximate surface area is 63.9 Å². The van der Waals surface area contributed by atoms with Gasteiger partial charge in [-0.3, -0.25) is 4.99 Å². The molecule has 3 rings (SSSR count). The van der Waals surface area contributed by atoms with E-state index in [0.717, 1.165) is 0 Å². The zero-order chi connectivity index (χ0) is 6.66. The molecule has 0 aromatic heterocycles. The van der Waals surface area contributed by atoms with Gasteiger partial charge in [0.25, 0.3) is 0 Å². The first-order valence-electron chi connectivity index (χ1n) is 3.46. The van der Waals surface area contributed by atoms with Crippen molar-refractivity contribution < 1.29 is 0 Å². The number of rotatable bonds is 0. The highest BCUT2D eigenvalue weighted by molar-refractivity contribution is 8.14. The molecule has 1 saturated carbocycles. The Morgan fingerprint density at radius 1 is 1.30 bits per heavy atom. The topological polar surface area (TPSA) is 12.4 Å². The van der Waals surface area contributed by atoms with Crippen LogP contribution in [0.4, 0.5) is 0 Å². The summed E-state index contributed by atoms with van der Waals surface area (Å²) in [5.74, 6) is 0. The Morgan fingerprint density at radius 3 is 3.10 bits per heavy atom. The summed E-state index contributed by atoms with van der Waals surface area (Å²) in [4.78, 5) is 4.45. The van der Waals surface area contributed by atoms with Gasteiger partial charge in [0.15, 0.2) is 0 Å². The van der Waals surface area contributed by atoms with Crippen molar-refractivity contribution in [1.82, 2.24) is 0 Å². The van der Waals surface area contributed by atoms with Gasteiger partial charge < -0.3 is 0 Å². The van der Waals surface area contributed by atoms with Crippen LogP contribution < -0.4 is 0 Å². The predicted octanol–water partition coefficient (Wildman–Crippen LogP) is 1.77. The van der Waals surface area contributed by atoms with E-state index in [1.807, 2.05) is 17.3 Å². The lowest BCUT2D eigenvalue weighted by Gasteiger charge is -2.09. The van der Waals surface area contributed by atoms with Crippen LogP contribution in [0.5, 0.6) is 0 Å². The van der Waals surface area contributed by atoms with Crippen molar-refractivity contribution in [2.75, 3.05) is 0 Å². The molecule has 0 bridgehead atoms. The van der Waals surface area contributed by atoms with Crippen LogP contribution in [-0.4, -0.2) is 15.8 Å². The third kappa shape index (κ3) is 0.364. The maximum atomic E-state index is 4.45. The van der Waals surface area contributed by atoms with Gasteiger partial charge in [0.2, 0.25) is 0 Å². The molecule has 1 heterocycles. The summed E-state index contributed by atoms with van der Waals surface area (Å²) in [6.45, 7) is 0. The molecule has 0 saturated heterocycles. The van der Waals surface area contributed by atoms with Crippen LogP contribution in [-0.2, 0) is 0 Å². The molecular formula is C8H7NS. The number of hydrogen-bond donors (Lipinski definition) is 0. The first kappa shape index (κ1) is 5.19. The highest BCUT2D eigenvalue weighted by Crippen LogP contribution is 2.65.